The molecule has 146 valence electrons. The van der Waals surface area contributed by atoms with Gasteiger partial charge in [-0.15, -0.1) is 0 Å². The third-order valence-electron chi connectivity index (χ3n) is 2.81. The lowest BCUT2D eigenvalue weighted by molar-refractivity contribution is -0.357. The molecule has 0 unspecified atom stereocenters. The molecule has 1 rings (SSSR count). The van der Waals surface area contributed by atoms with Crippen LogP contribution in [0.25, 0.3) is 0 Å². The van der Waals surface area contributed by atoms with Gasteiger partial charge in [-0.2, -0.15) is 26.3 Å². The van der Waals surface area contributed by atoms with Crippen molar-refractivity contribution in [1.82, 2.24) is 0 Å². The molecular weight excluding hydrogens is 496 g/mol. The molecule has 0 radical (unpaired) electrons. The molecule has 26 heavy (non-hydrogen) atoms. The molecule has 0 saturated heterocycles. The molecule has 0 amide bonds. The van der Waals surface area contributed by atoms with Gasteiger partial charge in [0.2, 0.25) is 0 Å². The predicted octanol–water partition coefficient (Wildman–Crippen LogP) is 2.99. The van der Waals surface area contributed by atoms with E-state index in [0.717, 1.165) is 12.1 Å². The molecule has 0 bridgehead atoms. The number of esters is 2. The maximum absolute atomic E-state index is 13.4. The highest BCUT2D eigenvalue weighted by Gasteiger charge is 2.76. The Labute approximate surface area is 154 Å². The highest BCUT2D eigenvalue weighted by Crippen LogP contribution is 2.43. The third-order valence-corrected chi connectivity index (χ3v) is 3.48. The maximum Gasteiger partial charge on any atom is 0.437 e. The average Bonchev–Trinajstić information content (AvgIpc) is 2.50. The number of aliphatic hydroxyl groups is 1. The Balaban J connectivity index is 2.68. The van der Waals surface area contributed by atoms with Crippen LogP contribution in [0.1, 0.15) is 10.4 Å². The lowest BCUT2D eigenvalue weighted by Crippen LogP contribution is -2.63. The van der Waals surface area contributed by atoms with Crippen LogP contribution in [0.2, 0.25) is 0 Å². The first kappa shape index (κ1) is 22.4. The largest absolute Gasteiger partial charge is 0.459 e. The van der Waals surface area contributed by atoms with E-state index < -0.39 is 54.5 Å². The number of hydrogen-bond acceptors (Lipinski definition) is 5. The Morgan fingerprint density at radius 3 is 2.00 bits per heavy atom. The monoisotopic (exact) mass is 504 g/mol. The molecular formula is C13H8F7IO5. The van der Waals surface area contributed by atoms with Gasteiger partial charge in [0.15, 0.2) is 0 Å². The van der Waals surface area contributed by atoms with Gasteiger partial charge >= 0.3 is 29.9 Å². The second kappa shape index (κ2) is 7.94. The van der Waals surface area contributed by atoms with Gasteiger partial charge in [0, 0.05) is 3.57 Å². The number of benzene rings is 1. The zero-order chi connectivity index (χ0) is 20.3. The van der Waals surface area contributed by atoms with Gasteiger partial charge in [-0.1, -0.05) is 0 Å². The third kappa shape index (κ3) is 4.75. The minimum absolute atomic E-state index is 0.447. The van der Waals surface area contributed by atoms with E-state index >= 15 is 0 Å². The second-order valence-corrected chi connectivity index (χ2v) is 5.85. The van der Waals surface area contributed by atoms with Crippen molar-refractivity contribution in [2.24, 2.45) is 0 Å². The summed E-state index contributed by atoms with van der Waals surface area (Å²) in [7, 11) is 0. The minimum Gasteiger partial charge on any atom is -0.459 e. The Bertz CT molecular complexity index is 672. The molecule has 0 aromatic heterocycles. The van der Waals surface area contributed by atoms with Gasteiger partial charge in [0.1, 0.15) is 19.0 Å². The van der Waals surface area contributed by atoms with E-state index in [9.17, 15) is 40.3 Å². The lowest BCUT2D eigenvalue weighted by Gasteiger charge is -2.29. The summed E-state index contributed by atoms with van der Waals surface area (Å²) in [4.78, 5) is 22.6. The predicted molar refractivity (Wildman–Crippen MR) is 77.4 cm³/mol. The van der Waals surface area contributed by atoms with Crippen molar-refractivity contribution in [1.29, 1.82) is 0 Å². The van der Waals surface area contributed by atoms with Crippen LogP contribution >= 0.6 is 22.6 Å². The lowest BCUT2D eigenvalue weighted by atomic mass is 10.0. The highest BCUT2D eigenvalue weighted by atomic mass is 127. The zero-order valence-electron chi connectivity index (χ0n) is 12.3. The number of carbonyl (C=O) groups is 2. The van der Waals surface area contributed by atoms with E-state index in [1.807, 2.05) is 0 Å². The summed E-state index contributed by atoms with van der Waals surface area (Å²) in [6.07, 6.45) is -12.8. The van der Waals surface area contributed by atoms with Crippen molar-refractivity contribution in [3.63, 3.8) is 0 Å². The first-order chi connectivity index (χ1) is 11.7. The molecule has 13 heteroatoms. The normalized spacial score (nSPS) is 12.7. The average molecular weight is 504 g/mol. The summed E-state index contributed by atoms with van der Waals surface area (Å²) in [5.41, 5.74) is -6.27. The number of alkyl halides is 6. The van der Waals surface area contributed by atoms with Gasteiger partial charge in [-0.3, -0.25) is 0 Å². The molecule has 1 aromatic rings. The van der Waals surface area contributed by atoms with Gasteiger partial charge < -0.3 is 14.6 Å². The van der Waals surface area contributed by atoms with E-state index in [-0.39, 0.29) is 0 Å². The molecule has 0 fully saturated rings. The highest BCUT2D eigenvalue weighted by molar-refractivity contribution is 14.1. The van der Waals surface area contributed by atoms with Crippen LogP contribution in [0.5, 0.6) is 0 Å². The molecule has 0 aliphatic carbocycles. The first-order valence-corrected chi connectivity index (χ1v) is 7.45. The summed E-state index contributed by atoms with van der Waals surface area (Å²) in [6, 6.07) is 3.34. The summed E-state index contributed by atoms with van der Waals surface area (Å²) in [5, 5.41) is 8.72. The van der Waals surface area contributed by atoms with Crippen molar-refractivity contribution < 1.29 is 54.9 Å². The van der Waals surface area contributed by atoms with Crippen LogP contribution in [0.3, 0.4) is 0 Å². The molecule has 0 aliphatic heterocycles. The first-order valence-electron chi connectivity index (χ1n) is 6.37. The number of hydrogen-bond donors (Lipinski definition) is 1. The van der Waals surface area contributed by atoms with Crippen molar-refractivity contribution in [3.8, 4) is 0 Å². The summed E-state index contributed by atoms with van der Waals surface area (Å²) < 4.78 is 96.3. The van der Waals surface area contributed by atoms with Crippen LogP contribution in [-0.2, 0) is 14.3 Å². The van der Waals surface area contributed by atoms with Crippen molar-refractivity contribution in [3.05, 3.63) is 33.1 Å². The second-order valence-electron chi connectivity index (χ2n) is 4.60. The number of rotatable bonds is 5. The number of ether oxygens (including phenoxy) is 2. The quantitative estimate of drug-likeness (QED) is 0.289. The number of halogens is 8. The SMILES string of the molecule is O=C(OCCOC(=O)C(O)(C(F)(F)F)C(F)(F)F)c1cc(I)ccc1F. The van der Waals surface area contributed by atoms with Gasteiger partial charge in [-0.25, -0.2) is 14.0 Å². The zero-order valence-corrected chi connectivity index (χ0v) is 14.4. The van der Waals surface area contributed by atoms with Gasteiger partial charge in [0.05, 0.1) is 5.56 Å². The summed E-state index contributed by atoms with van der Waals surface area (Å²) in [5.74, 6) is -5.29. The minimum atomic E-state index is -6.39. The molecule has 0 aliphatic rings. The van der Waals surface area contributed by atoms with Crippen LogP contribution < -0.4 is 0 Å². The number of carbonyl (C=O) groups excluding carboxylic acids is 2. The van der Waals surface area contributed by atoms with Crippen LogP contribution in [-0.4, -0.2) is 48.2 Å². The molecule has 5 nitrogen and oxygen atoms in total. The van der Waals surface area contributed by atoms with E-state index in [4.69, 9.17) is 5.11 Å². The smallest absolute Gasteiger partial charge is 0.437 e. The van der Waals surface area contributed by atoms with E-state index in [1.54, 1.807) is 22.6 Å². The van der Waals surface area contributed by atoms with Crippen LogP contribution in [0, 0.1) is 9.39 Å². The Morgan fingerprint density at radius 1 is 1.00 bits per heavy atom. The van der Waals surface area contributed by atoms with Crippen LogP contribution in [0.4, 0.5) is 30.7 Å². The Hall–Kier alpha value is -1.64. The standard InChI is InChI=1S/C13H8F7IO5/c14-8-2-1-6(21)5-7(8)9(22)25-3-4-26-10(23)11(24,12(15,16)17)13(18,19)20/h1-2,5,24H,3-4H2. The Morgan fingerprint density at radius 2 is 1.50 bits per heavy atom. The molecule has 1 N–H and O–H groups in total. The topological polar surface area (TPSA) is 72.8 Å². The Kier molecular flexibility index (Phi) is 6.84. The molecule has 0 atom stereocenters. The molecule has 1 aromatic carbocycles. The molecule has 0 saturated carbocycles. The van der Waals surface area contributed by atoms with Gasteiger partial charge in [-0.05, 0) is 40.8 Å². The van der Waals surface area contributed by atoms with E-state index in [0.29, 0.717) is 3.57 Å². The van der Waals surface area contributed by atoms with E-state index in [1.165, 1.54) is 6.07 Å². The fourth-order valence-corrected chi connectivity index (χ4v) is 1.99. The summed E-state index contributed by atoms with van der Waals surface area (Å²) >= 11 is 1.75. The summed E-state index contributed by atoms with van der Waals surface area (Å²) in [6.45, 7) is -2.20. The fourth-order valence-electron chi connectivity index (χ4n) is 1.50. The van der Waals surface area contributed by atoms with Crippen molar-refractivity contribution in [2.45, 2.75) is 18.0 Å². The maximum atomic E-state index is 13.4. The molecule has 0 spiro atoms. The van der Waals surface area contributed by atoms with Gasteiger partial charge in [0.25, 0.3) is 0 Å². The fraction of sp³-hybridized carbons (Fsp3) is 0.385. The van der Waals surface area contributed by atoms with E-state index in [2.05, 4.69) is 9.47 Å². The van der Waals surface area contributed by atoms with Crippen LogP contribution in [0.15, 0.2) is 18.2 Å². The van der Waals surface area contributed by atoms with Crippen molar-refractivity contribution >= 4 is 34.5 Å². The molecule has 0 heterocycles. The van der Waals surface area contributed by atoms with Crippen molar-refractivity contribution in [2.75, 3.05) is 13.2 Å².